The van der Waals surface area contributed by atoms with Gasteiger partial charge in [0.1, 0.15) is 0 Å². The number of fused-ring (bicyclic) bond motifs is 1. The van der Waals surface area contributed by atoms with E-state index in [1.165, 1.54) is 16.9 Å². The van der Waals surface area contributed by atoms with Crippen molar-refractivity contribution in [3.05, 3.63) is 21.4 Å². The van der Waals surface area contributed by atoms with Gasteiger partial charge in [-0.25, -0.2) is 0 Å². The Labute approximate surface area is 106 Å². The predicted molar refractivity (Wildman–Crippen MR) is 69.6 cm³/mol. The molecule has 0 aromatic carbocycles. The Morgan fingerprint density at radius 1 is 1.47 bits per heavy atom. The summed E-state index contributed by atoms with van der Waals surface area (Å²) in [5, 5.41) is 8.99. The number of carbonyl (C=O) groups is 1. The van der Waals surface area contributed by atoms with Gasteiger partial charge in [-0.3, -0.25) is 4.79 Å². The number of nitrogens with zero attached hydrogens (tertiary/aromatic N) is 1. The van der Waals surface area contributed by atoms with E-state index in [1.54, 1.807) is 16.2 Å². The van der Waals surface area contributed by atoms with Crippen molar-refractivity contribution in [2.24, 2.45) is 0 Å². The van der Waals surface area contributed by atoms with Crippen LogP contribution < -0.4 is 0 Å². The summed E-state index contributed by atoms with van der Waals surface area (Å²) < 4.78 is 0. The number of thiophene rings is 1. The largest absolute Gasteiger partial charge is 0.395 e. The van der Waals surface area contributed by atoms with Crippen LogP contribution in [-0.2, 0) is 12.8 Å². The molecule has 0 atom stereocenters. The first-order valence-electron chi connectivity index (χ1n) is 6.28. The molecule has 2 rings (SSSR count). The minimum absolute atomic E-state index is 0.0385. The highest BCUT2D eigenvalue weighted by Crippen LogP contribution is 2.31. The summed E-state index contributed by atoms with van der Waals surface area (Å²) >= 11 is 1.64. The first-order valence-corrected chi connectivity index (χ1v) is 7.09. The van der Waals surface area contributed by atoms with E-state index >= 15 is 0 Å². The van der Waals surface area contributed by atoms with Gasteiger partial charge in [-0.1, -0.05) is 6.92 Å². The molecule has 0 bridgehead atoms. The number of aryl methyl sites for hydroxylation is 2. The van der Waals surface area contributed by atoms with E-state index < -0.39 is 0 Å². The number of carbonyl (C=O) groups excluding carboxylic acids is 1. The molecule has 1 aliphatic rings. The van der Waals surface area contributed by atoms with Crippen molar-refractivity contribution in [2.75, 3.05) is 19.7 Å². The van der Waals surface area contributed by atoms with Crippen LogP contribution in [0.3, 0.4) is 0 Å². The van der Waals surface area contributed by atoms with Gasteiger partial charge in [-0.05, 0) is 37.3 Å². The summed E-state index contributed by atoms with van der Waals surface area (Å²) in [4.78, 5) is 16.2. The van der Waals surface area contributed by atoms with E-state index in [-0.39, 0.29) is 12.5 Å². The second kappa shape index (κ2) is 5.65. The first kappa shape index (κ1) is 12.6. The van der Waals surface area contributed by atoms with Gasteiger partial charge < -0.3 is 10.0 Å². The van der Waals surface area contributed by atoms with Crippen LogP contribution in [-0.4, -0.2) is 35.6 Å². The molecule has 0 spiro atoms. The lowest BCUT2D eigenvalue weighted by Gasteiger charge is -2.20. The third kappa shape index (κ3) is 2.69. The summed E-state index contributed by atoms with van der Waals surface area (Å²) in [6.07, 6.45) is 4.40. The lowest BCUT2D eigenvalue weighted by molar-refractivity contribution is 0.0726. The Kier molecular flexibility index (Phi) is 4.18. The van der Waals surface area contributed by atoms with E-state index in [9.17, 15) is 4.79 Å². The fourth-order valence-electron chi connectivity index (χ4n) is 2.30. The molecule has 0 saturated heterocycles. The lowest BCUT2D eigenvalue weighted by atomic mass is 10.2. The van der Waals surface area contributed by atoms with E-state index in [4.69, 9.17) is 5.11 Å². The van der Waals surface area contributed by atoms with Gasteiger partial charge in [0.15, 0.2) is 0 Å². The molecule has 17 heavy (non-hydrogen) atoms. The van der Waals surface area contributed by atoms with E-state index in [0.717, 1.165) is 30.7 Å². The topological polar surface area (TPSA) is 40.5 Å². The third-order valence-electron chi connectivity index (χ3n) is 3.11. The highest BCUT2D eigenvalue weighted by molar-refractivity contribution is 7.14. The van der Waals surface area contributed by atoms with Crippen molar-refractivity contribution in [3.8, 4) is 0 Å². The zero-order chi connectivity index (χ0) is 12.3. The molecule has 0 unspecified atom stereocenters. The Morgan fingerprint density at radius 2 is 2.29 bits per heavy atom. The smallest absolute Gasteiger partial charge is 0.264 e. The van der Waals surface area contributed by atoms with Crippen molar-refractivity contribution in [2.45, 2.75) is 32.6 Å². The molecular weight excluding hydrogens is 234 g/mol. The van der Waals surface area contributed by atoms with Crippen LogP contribution in [0.25, 0.3) is 0 Å². The summed E-state index contributed by atoms with van der Waals surface area (Å²) in [5.74, 6) is 0.0836. The van der Waals surface area contributed by atoms with Crippen LogP contribution in [0.15, 0.2) is 6.07 Å². The summed E-state index contributed by atoms with van der Waals surface area (Å²) in [6.45, 7) is 3.25. The minimum Gasteiger partial charge on any atom is -0.395 e. The normalized spacial score (nSPS) is 13.8. The molecule has 94 valence electrons. The summed E-state index contributed by atoms with van der Waals surface area (Å²) in [5.41, 5.74) is 1.36. The number of amides is 1. The molecule has 0 saturated carbocycles. The van der Waals surface area contributed by atoms with Crippen LogP contribution >= 0.6 is 11.3 Å². The van der Waals surface area contributed by atoms with Crippen LogP contribution in [0.2, 0.25) is 0 Å². The summed E-state index contributed by atoms with van der Waals surface area (Å²) in [6, 6.07) is 2.05. The van der Waals surface area contributed by atoms with Gasteiger partial charge in [0.05, 0.1) is 11.5 Å². The fraction of sp³-hybridized carbons (Fsp3) is 0.615. The second-order valence-electron chi connectivity index (χ2n) is 4.43. The van der Waals surface area contributed by atoms with Crippen molar-refractivity contribution in [3.63, 3.8) is 0 Å². The minimum atomic E-state index is 0.0385. The van der Waals surface area contributed by atoms with E-state index in [1.807, 2.05) is 6.92 Å². The number of aliphatic hydroxyl groups excluding tert-OH is 1. The van der Waals surface area contributed by atoms with Gasteiger partial charge in [0, 0.05) is 18.0 Å². The van der Waals surface area contributed by atoms with Crippen molar-refractivity contribution < 1.29 is 9.90 Å². The van der Waals surface area contributed by atoms with E-state index in [0.29, 0.717) is 6.54 Å². The second-order valence-corrected chi connectivity index (χ2v) is 5.57. The van der Waals surface area contributed by atoms with Crippen LogP contribution in [0.1, 0.15) is 39.9 Å². The maximum atomic E-state index is 12.3. The maximum absolute atomic E-state index is 12.3. The van der Waals surface area contributed by atoms with Crippen molar-refractivity contribution in [1.29, 1.82) is 0 Å². The maximum Gasteiger partial charge on any atom is 0.264 e. The Balaban J connectivity index is 2.11. The SMILES string of the molecule is CCCN(CCO)C(=O)c1cc2c(s1)CCC2. The van der Waals surface area contributed by atoms with Gasteiger partial charge >= 0.3 is 0 Å². The third-order valence-corrected chi connectivity index (χ3v) is 4.33. The highest BCUT2D eigenvalue weighted by Gasteiger charge is 2.21. The zero-order valence-electron chi connectivity index (χ0n) is 10.2. The van der Waals surface area contributed by atoms with Crippen molar-refractivity contribution in [1.82, 2.24) is 4.90 Å². The average Bonchev–Trinajstić information content (AvgIpc) is 2.87. The molecule has 0 radical (unpaired) electrons. The molecule has 3 nitrogen and oxygen atoms in total. The van der Waals surface area contributed by atoms with Crippen molar-refractivity contribution >= 4 is 17.2 Å². The van der Waals surface area contributed by atoms with Gasteiger partial charge in [-0.15, -0.1) is 11.3 Å². The molecule has 1 N–H and O–H groups in total. The Bertz CT molecular complexity index is 373. The molecule has 1 aromatic rings. The van der Waals surface area contributed by atoms with Gasteiger partial charge in [0.25, 0.3) is 5.91 Å². The Hall–Kier alpha value is -0.870. The molecule has 1 amide bonds. The monoisotopic (exact) mass is 253 g/mol. The first-order chi connectivity index (χ1) is 8.26. The molecule has 0 aliphatic heterocycles. The van der Waals surface area contributed by atoms with E-state index in [2.05, 4.69) is 6.07 Å². The predicted octanol–water partition coefficient (Wildman–Crippen LogP) is 2.08. The lowest BCUT2D eigenvalue weighted by Crippen LogP contribution is -2.33. The standard InChI is InChI=1S/C13H19NO2S/c1-2-6-14(7-8-15)13(16)12-9-10-4-3-5-11(10)17-12/h9,15H,2-8H2,1H3. The number of aliphatic hydroxyl groups is 1. The molecule has 4 heteroatoms. The molecule has 1 heterocycles. The fourth-order valence-corrected chi connectivity index (χ4v) is 3.52. The zero-order valence-corrected chi connectivity index (χ0v) is 11.1. The average molecular weight is 253 g/mol. The number of rotatable bonds is 5. The molecule has 0 fully saturated rings. The van der Waals surface area contributed by atoms with Gasteiger partial charge in [-0.2, -0.15) is 0 Å². The highest BCUT2D eigenvalue weighted by atomic mass is 32.1. The number of hydrogen-bond acceptors (Lipinski definition) is 3. The van der Waals surface area contributed by atoms with Gasteiger partial charge in [0.2, 0.25) is 0 Å². The molecule has 1 aliphatic carbocycles. The molecular formula is C13H19NO2S. The van der Waals surface area contributed by atoms with Crippen LogP contribution in [0.4, 0.5) is 0 Å². The molecule has 1 aromatic heterocycles. The summed E-state index contributed by atoms with van der Waals surface area (Å²) in [7, 11) is 0. The van der Waals surface area contributed by atoms with Crippen LogP contribution in [0, 0.1) is 0 Å². The van der Waals surface area contributed by atoms with Crippen LogP contribution in [0.5, 0.6) is 0 Å². The quantitative estimate of drug-likeness (QED) is 0.873. The number of hydrogen-bond donors (Lipinski definition) is 1. The Morgan fingerprint density at radius 3 is 2.94 bits per heavy atom.